The minimum Gasteiger partial charge on any atom is -0.377 e. The lowest BCUT2D eigenvalue weighted by atomic mass is 9.96. The van der Waals surface area contributed by atoms with Crippen molar-refractivity contribution < 1.29 is 26.6 Å². The van der Waals surface area contributed by atoms with E-state index in [-0.39, 0.29) is 0 Å². The van der Waals surface area contributed by atoms with Gasteiger partial charge in [-0.1, -0.05) is 30.7 Å². The van der Waals surface area contributed by atoms with Crippen LogP contribution in [0, 0.1) is 0 Å². The monoisotopic (exact) mass is 404 g/mol. The maximum Gasteiger partial charge on any atom is 0.511 e. The first-order valence-electron chi connectivity index (χ1n) is 9.42. The molecule has 0 bridgehead atoms. The highest BCUT2D eigenvalue weighted by atomic mass is 28.4. The van der Waals surface area contributed by atoms with Gasteiger partial charge in [0.1, 0.15) is 0 Å². The lowest BCUT2D eigenvalue weighted by molar-refractivity contribution is 0.0434. The molecule has 0 aliphatic heterocycles. The van der Waals surface area contributed by atoms with E-state index in [1.165, 1.54) is 5.57 Å². The van der Waals surface area contributed by atoms with Crippen LogP contribution in [0.5, 0.6) is 0 Å². The largest absolute Gasteiger partial charge is 0.511 e. The molecule has 8 heteroatoms. The molecule has 0 radical (unpaired) electrons. The first-order chi connectivity index (χ1) is 12.5. The predicted octanol–water partition coefficient (Wildman–Crippen LogP) is 3.95. The number of hydrogen-bond donors (Lipinski definition) is 0. The molecule has 0 aromatic carbocycles. The van der Waals surface area contributed by atoms with E-state index in [0.717, 1.165) is 12.8 Å². The topological polar surface area (TPSA) is 55.4 Å². The first kappa shape index (κ1) is 23.7. The van der Waals surface area contributed by atoms with E-state index in [0.29, 0.717) is 25.9 Å². The van der Waals surface area contributed by atoms with Gasteiger partial charge in [-0.25, -0.2) is 0 Å². The summed E-state index contributed by atoms with van der Waals surface area (Å²) in [7, 11) is -1.09. The van der Waals surface area contributed by atoms with E-state index in [2.05, 4.69) is 25.2 Å². The van der Waals surface area contributed by atoms with Gasteiger partial charge in [0.2, 0.25) is 0 Å². The minimum absolute atomic E-state index is 0.465. The van der Waals surface area contributed by atoms with Gasteiger partial charge in [0.15, 0.2) is 0 Å². The minimum atomic E-state index is -3.11. The SMILES string of the molecule is CCO[Si](OCC)(OCC)C(CC)(C[Si](OC)(OC)OC)C1=CC=CC1. The van der Waals surface area contributed by atoms with Crippen LogP contribution in [-0.2, 0) is 26.6 Å². The zero-order valence-electron chi connectivity index (χ0n) is 17.4. The number of allylic oxidation sites excluding steroid dienone is 4. The summed E-state index contributed by atoms with van der Waals surface area (Å²) < 4.78 is 36.4. The quantitative estimate of drug-likeness (QED) is 0.409. The van der Waals surface area contributed by atoms with Crippen molar-refractivity contribution in [1.82, 2.24) is 0 Å². The Kier molecular flexibility index (Phi) is 9.91. The summed E-state index contributed by atoms with van der Waals surface area (Å²) in [4.78, 5) is 0. The summed E-state index contributed by atoms with van der Waals surface area (Å²) in [5.74, 6) is 0. The molecule has 0 fully saturated rings. The van der Waals surface area contributed by atoms with Crippen molar-refractivity contribution in [2.75, 3.05) is 41.2 Å². The average Bonchev–Trinajstić information content (AvgIpc) is 3.19. The zero-order valence-corrected chi connectivity index (χ0v) is 19.4. The molecule has 1 unspecified atom stereocenters. The summed E-state index contributed by atoms with van der Waals surface area (Å²) in [6.45, 7) is 9.67. The third-order valence-corrected chi connectivity index (χ3v) is 12.3. The number of rotatable bonds is 14. The molecule has 1 rings (SSSR count). The second-order valence-corrected chi connectivity index (χ2v) is 12.0. The second kappa shape index (κ2) is 10.9. The van der Waals surface area contributed by atoms with Crippen molar-refractivity contribution in [1.29, 1.82) is 0 Å². The smallest absolute Gasteiger partial charge is 0.377 e. The molecule has 0 spiro atoms. The van der Waals surface area contributed by atoms with Crippen LogP contribution in [0.15, 0.2) is 23.8 Å². The van der Waals surface area contributed by atoms with Gasteiger partial charge in [0.05, 0.1) is 5.04 Å². The van der Waals surface area contributed by atoms with Crippen LogP contribution in [0.25, 0.3) is 0 Å². The summed E-state index contributed by atoms with van der Waals surface area (Å²) in [6, 6.07) is 0.555. The van der Waals surface area contributed by atoms with Crippen LogP contribution in [0.4, 0.5) is 0 Å². The fourth-order valence-electron chi connectivity index (χ4n) is 3.73. The van der Waals surface area contributed by atoms with Crippen molar-refractivity contribution in [3.63, 3.8) is 0 Å². The highest BCUT2D eigenvalue weighted by Gasteiger charge is 2.66. The molecule has 1 aliphatic rings. The summed E-state index contributed by atoms with van der Waals surface area (Å²) in [6.07, 6.45) is 8.02. The van der Waals surface area contributed by atoms with Crippen LogP contribution >= 0.6 is 0 Å². The molecule has 0 saturated heterocycles. The van der Waals surface area contributed by atoms with Gasteiger partial charge < -0.3 is 26.6 Å². The molecule has 6 nitrogen and oxygen atoms in total. The molecule has 0 saturated carbocycles. The summed E-state index contributed by atoms with van der Waals surface area (Å²) >= 11 is 0. The van der Waals surface area contributed by atoms with Crippen LogP contribution in [0.1, 0.15) is 40.5 Å². The summed E-state index contributed by atoms with van der Waals surface area (Å²) in [5, 5.41) is -0.465. The Morgan fingerprint density at radius 1 is 0.885 bits per heavy atom. The van der Waals surface area contributed by atoms with E-state index in [4.69, 9.17) is 26.6 Å². The highest BCUT2D eigenvalue weighted by molar-refractivity contribution is 6.70. The third-order valence-electron chi connectivity index (χ3n) is 5.03. The summed E-state index contributed by atoms with van der Waals surface area (Å²) in [5.41, 5.74) is 1.24. The Bertz CT molecular complexity index is 453. The number of hydrogen-bond acceptors (Lipinski definition) is 6. The molecule has 0 aromatic heterocycles. The van der Waals surface area contributed by atoms with E-state index in [9.17, 15) is 0 Å². The molecule has 152 valence electrons. The van der Waals surface area contributed by atoms with E-state index < -0.39 is 22.6 Å². The van der Waals surface area contributed by atoms with Crippen LogP contribution < -0.4 is 0 Å². The van der Waals surface area contributed by atoms with Crippen molar-refractivity contribution >= 4 is 17.6 Å². The van der Waals surface area contributed by atoms with Gasteiger partial charge in [0, 0.05) is 47.2 Å². The molecule has 0 aromatic rings. The second-order valence-electron chi connectivity index (χ2n) is 6.09. The lowest BCUT2D eigenvalue weighted by Crippen LogP contribution is -2.61. The Labute approximate surface area is 161 Å². The maximum atomic E-state index is 6.34. The Morgan fingerprint density at radius 2 is 1.38 bits per heavy atom. The normalized spacial score (nSPS) is 17.4. The molecule has 1 aliphatic carbocycles. The molecule has 0 amide bonds. The van der Waals surface area contributed by atoms with Crippen molar-refractivity contribution in [2.24, 2.45) is 0 Å². The highest BCUT2D eigenvalue weighted by Crippen LogP contribution is 2.57. The van der Waals surface area contributed by atoms with E-state index >= 15 is 0 Å². The first-order valence-corrected chi connectivity index (χ1v) is 13.1. The standard InChI is InChI=1S/C18H36O6Si2/c1-8-18(17-14-12-13-15-17,16-25(19-5,20-6)21-7)26(22-9-2,23-10-3)24-11-4/h12-14H,8-11,15-16H2,1-7H3. The Hall–Kier alpha value is -0.326. The fourth-order valence-corrected chi connectivity index (χ4v) is 10.6. The molecular weight excluding hydrogens is 368 g/mol. The van der Waals surface area contributed by atoms with Gasteiger partial charge in [-0.3, -0.25) is 0 Å². The molecule has 0 heterocycles. The van der Waals surface area contributed by atoms with Gasteiger partial charge in [-0.05, 0) is 33.6 Å². The molecule has 26 heavy (non-hydrogen) atoms. The lowest BCUT2D eigenvalue weighted by Gasteiger charge is -2.48. The molecular formula is C18H36O6Si2. The van der Waals surface area contributed by atoms with Crippen molar-refractivity contribution in [2.45, 2.75) is 51.6 Å². The Morgan fingerprint density at radius 3 is 1.69 bits per heavy atom. The average molecular weight is 405 g/mol. The fraction of sp³-hybridized carbons (Fsp3) is 0.778. The van der Waals surface area contributed by atoms with Gasteiger partial charge in [0.25, 0.3) is 0 Å². The van der Waals surface area contributed by atoms with Gasteiger partial charge in [-0.2, -0.15) is 0 Å². The van der Waals surface area contributed by atoms with Crippen LogP contribution in [-0.4, -0.2) is 58.8 Å². The van der Waals surface area contributed by atoms with Gasteiger partial charge in [-0.15, -0.1) is 0 Å². The van der Waals surface area contributed by atoms with Crippen LogP contribution in [0.2, 0.25) is 11.1 Å². The molecule has 1 atom stereocenters. The van der Waals surface area contributed by atoms with Gasteiger partial charge >= 0.3 is 17.6 Å². The van der Waals surface area contributed by atoms with Crippen molar-refractivity contribution in [3.05, 3.63) is 23.8 Å². The zero-order chi connectivity index (χ0) is 19.7. The van der Waals surface area contributed by atoms with E-state index in [1.54, 1.807) is 21.3 Å². The predicted molar refractivity (Wildman–Crippen MR) is 107 cm³/mol. The Balaban J connectivity index is 3.58. The third kappa shape index (κ3) is 4.56. The van der Waals surface area contributed by atoms with Crippen LogP contribution in [0.3, 0.4) is 0 Å². The van der Waals surface area contributed by atoms with E-state index in [1.807, 2.05) is 20.8 Å². The van der Waals surface area contributed by atoms with Crippen molar-refractivity contribution in [3.8, 4) is 0 Å². The maximum absolute atomic E-state index is 6.34. The molecule has 0 N–H and O–H groups in total.